The highest BCUT2D eigenvalue weighted by Gasteiger charge is 2.20. The van der Waals surface area contributed by atoms with Gasteiger partial charge in [0.1, 0.15) is 0 Å². The Morgan fingerprint density at radius 2 is 1.95 bits per heavy atom. The van der Waals surface area contributed by atoms with Crippen molar-refractivity contribution in [2.45, 2.75) is 46.8 Å². The van der Waals surface area contributed by atoms with E-state index in [2.05, 4.69) is 57.0 Å². The van der Waals surface area contributed by atoms with Gasteiger partial charge in [0.2, 0.25) is 0 Å². The highest BCUT2D eigenvalue weighted by molar-refractivity contribution is 5.38. The lowest BCUT2D eigenvalue weighted by molar-refractivity contribution is -0.0262. The summed E-state index contributed by atoms with van der Waals surface area (Å²) in [7, 11) is 0. The van der Waals surface area contributed by atoms with E-state index in [1.807, 2.05) is 0 Å². The van der Waals surface area contributed by atoms with Crippen LogP contribution in [0.5, 0.6) is 0 Å². The van der Waals surface area contributed by atoms with Crippen molar-refractivity contribution in [3.63, 3.8) is 0 Å². The molecule has 1 fully saturated rings. The molecule has 3 heteroatoms. The molecule has 0 radical (unpaired) electrons. The van der Waals surface area contributed by atoms with Gasteiger partial charge < -0.3 is 10.1 Å². The molecule has 21 heavy (non-hydrogen) atoms. The lowest BCUT2D eigenvalue weighted by atomic mass is 9.96. The number of benzene rings is 1. The molecular formula is C18H30N2O. The minimum atomic E-state index is 0.313. The largest absolute Gasteiger partial charge is 0.374 e. The minimum Gasteiger partial charge on any atom is -0.374 e. The zero-order valence-electron chi connectivity index (χ0n) is 14.2. The second-order valence-electron chi connectivity index (χ2n) is 6.31. The average molecular weight is 290 g/mol. The zero-order chi connectivity index (χ0) is 15.4. The average Bonchev–Trinajstić information content (AvgIpc) is 2.48. The van der Waals surface area contributed by atoms with Crippen LogP contribution in [0.3, 0.4) is 0 Å². The van der Waals surface area contributed by atoms with Crippen LogP contribution in [-0.4, -0.2) is 43.8 Å². The van der Waals surface area contributed by atoms with Crippen molar-refractivity contribution >= 4 is 0 Å². The van der Waals surface area contributed by atoms with Crippen LogP contribution in [0, 0.1) is 20.8 Å². The molecule has 1 aliphatic rings. The van der Waals surface area contributed by atoms with Crippen LogP contribution >= 0.6 is 0 Å². The number of nitrogens with zero attached hydrogens (tertiary/aromatic N) is 1. The number of nitrogens with one attached hydrogen (secondary N) is 1. The van der Waals surface area contributed by atoms with Crippen LogP contribution in [0.2, 0.25) is 0 Å². The highest BCUT2D eigenvalue weighted by atomic mass is 16.5. The standard InChI is InChI=1S/C18H30N2O/c1-6-20-7-8-21-17(12-20)11-19-16(5)18-10-14(3)13(2)9-15(18)4/h9-10,16-17,19H,6-8,11-12H2,1-5H3. The fraction of sp³-hybridized carbons (Fsp3) is 0.667. The normalized spacial score (nSPS) is 21.5. The Morgan fingerprint density at radius 1 is 1.24 bits per heavy atom. The second-order valence-corrected chi connectivity index (χ2v) is 6.31. The van der Waals surface area contributed by atoms with Gasteiger partial charge in [-0.2, -0.15) is 0 Å². The zero-order valence-corrected chi connectivity index (χ0v) is 14.2. The molecule has 1 aromatic carbocycles. The first kappa shape index (κ1) is 16.5. The Morgan fingerprint density at radius 3 is 2.67 bits per heavy atom. The monoisotopic (exact) mass is 290 g/mol. The summed E-state index contributed by atoms with van der Waals surface area (Å²) in [6.07, 6.45) is 0.313. The van der Waals surface area contributed by atoms with Crippen LogP contribution in [0.25, 0.3) is 0 Å². The van der Waals surface area contributed by atoms with Crippen LogP contribution in [0.1, 0.15) is 42.1 Å². The maximum absolute atomic E-state index is 5.87. The quantitative estimate of drug-likeness (QED) is 0.902. The van der Waals surface area contributed by atoms with E-state index in [9.17, 15) is 0 Å². The van der Waals surface area contributed by atoms with E-state index in [0.717, 1.165) is 32.8 Å². The van der Waals surface area contributed by atoms with Crippen molar-refractivity contribution < 1.29 is 4.74 Å². The summed E-state index contributed by atoms with van der Waals surface area (Å²) in [5.41, 5.74) is 5.52. The molecule has 118 valence electrons. The molecule has 3 nitrogen and oxygen atoms in total. The smallest absolute Gasteiger partial charge is 0.0826 e. The number of likely N-dealkylation sites (N-methyl/N-ethyl adjacent to an activating group) is 1. The Labute approximate surface area is 129 Å². The second kappa shape index (κ2) is 7.39. The van der Waals surface area contributed by atoms with Crippen molar-refractivity contribution in [2.24, 2.45) is 0 Å². The van der Waals surface area contributed by atoms with E-state index < -0.39 is 0 Å². The van der Waals surface area contributed by atoms with Crippen LogP contribution in [0.4, 0.5) is 0 Å². The molecule has 1 heterocycles. The van der Waals surface area contributed by atoms with Gasteiger partial charge in [-0.25, -0.2) is 0 Å². The molecular weight excluding hydrogens is 260 g/mol. The van der Waals surface area contributed by atoms with Crippen molar-refractivity contribution in [1.82, 2.24) is 10.2 Å². The first-order valence-corrected chi connectivity index (χ1v) is 8.16. The van der Waals surface area contributed by atoms with Crippen LogP contribution < -0.4 is 5.32 Å². The maximum Gasteiger partial charge on any atom is 0.0826 e. The molecule has 0 bridgehead atoms. The van der Waals surface area contributed by atoms with Crippen molar-refractivity contribution in [3.8, 4) is 0 Å². The summed E-state index contributed by atoms with van der Waals surface area (Å²) in [5, 5.41) is 3.65. The number of ether oxygens (including phenoxy) is 1. The Bertz CT molecular complexity index is 473. The third-order valence-electron chi connectivity index (χ3n) is 4.67. The summed E-state index contributed by atoms with van der Waals surface area (Å²) < 4.78 is 5.87. The van der Waals surface area contributed by atoms with Gasteiger partial charge >= 0.3 is 0 Å². The summed E-state index contributed by atoms with van der Waals surface area (Å²) in [4.78, 5) is 2.46. The van der Waals surface area contributed by atoms with Gasteiger partial charge in [0.15, 0.2) is 0 Å². The van der Waals surface area contributed by atoms with E-state index in [1.165, 1.54) is 22.3 Å². The third kappa shape index (κ3) is 4.29. The van der Waals surface area contributed by atoms with Gasteiger partial charge in [-0.3, -0.25) is 4.90 Å². The molecule has 1 N–H and O–H groups in total. The number of aryl methyl sites for hydroxylation is 3. The molecule has 1 aliphatic heterocycles. The molecule has 2 atom stereocenters. The Kier molecular flexibility index (Phi) is 5.80. The SMILES string of the molecule is CCN1CCOC(CNC(C)c2cc(C)c(C)cc2C)C1. The molecule has 0 aliphatic carbocycles. The summed E-state index contributed by atoms with van der Waals surface area (Å²) in [6.45, 7) is 16.0. The number of hydrogen-bond acceptors (Lipinski definition) is 3. The van der Waals surface area contributed by atoms with E-state index >= 15 is 0 Å². The van der Waals surface area contributed by atoms with Gasteiger partial charge in [0.05, 0.1) is 12.7 Å². The van der Waals surface area contributed by atoms with E-state index in [0.29, 0.717) is 12.1 Å². The molecule has 1 saturated heterocycles. The Balaban J connectivity index is 1.92. The van der Waals surface area contributed by atoms with Gasteiger partial charge in [0.25, 0.3) is 0 Å². The van der Waals surface area contributed by atoms with Crippen molar-refractivity contribution in [2.75, 3.05) is 32.8 Å². The number of hydrogen-bond donors (Lipinski definition) is 1. The lowest BCUT2D eigenvalue weighted by Gasteiger charge is -2.33. The number of rotatable bonds is 5. The first-order chi connectivity index (χ1) is 10.0. The van der Waals surface area contributed by atoms with Crippen molar-refractivity contribution in [3.05, 3.63) is 34.4 Å². The lowest BCUT2D eigenvalue weighted by Crippen LogP contribution is -2.46. The molecule has 0 aromatic heterocycles. The van der Waals surface area contributed by atoms with E-state index in [1.54, 1.807) is 0 Å². The van der Waals surface area contributed by atoms with Gasteiger partial charge in [-0.1, -0.05) is 19.1 Å². The highest BCUT2D eigenvalue weighted by Crippen LogP contribution is 2.21. The predicted molar refractivity (Wildman–Crippen MR) is 88.9 cm³/mol. The molecule has 0 saturated carbocycles. The van der Waals surface area contributed by atoms with Gasteiger partial charge in [0, 0.05) is 25.7 Å². The third-order valence-corrected chi connectivity index (χ3v) is 4.67. The molecule has 2 rings (SSSR count). The maximum atomic E-state index is 5.87. The molecule has 0 amide bonds. The van der Waals surface area contributed by atoms with Crippen LogP contribution in [-0.2, 0) is 4.74 Å². The fourth-order valence-corrected chi connectivity index (χ4v) is 3.06. The molecule has 1 aromatic rings. The fourth-order valence-electron chi connectivity index (χ4n) is 3.06. The minimum absolute atomic E-state index is 0.313. The summed E-state index contributed by atoms with van der Waals surface area (Å²) in [5.74, 6) is 0. The summed E-state index contributed by atoms with van der Waals surface area (Å²) in [6, 6.07) is 4.98. The van der Waals surface area contributed by atoms with E-state index in [4.69, 9.17) is 4.74 Å². The summed E-state index contributed by atoms with van der Waals surface area (Å²) >= 11 is 0. The first-order valence-electron chi connectivity index (χ1n) is 8.16. The van der Waals surface area contributed by atoms with Gasteiger partial charge in [-0.05, 0) is 56.5 Å². The predicted octanol–water partition coefficient (Wildman–Crippen LogP) is 2.98. The molecule has 0 spiro atoms. The van der Waals surface area contributed by atoms with Gasteiger partial charge in [-0.15, -0.1) is 0 Å². The Hall–Kier alpha value is -0.900. The van der Waals surface area contributed by atoms with E-state index in [-0.39, 0.29) is 0 Å². The van der Waals surface area contributed by atoms with Crippen LogP contribution in [0.15, 0.2) is 12.1 Å². The molecule has 2 unspecified atom stereocenters. The number of morpholine rings is 1. The topological polar surface area (TPSA) is 24.5 Å². The van der Waals surface area contributed by atoms with Crippen molar-refractivity contribution in [1.29, 1.82) is 0 Å².